The van der Waals surface area contributed by atoms with Crippen LogP contribution >= 0.6 is 0 Å². The summed E-state index contributed by atoms with van der Waals surface area (Å²) in [5.41, 5.74) is -0.645. The highest BCUT2D eigenvalue weighted by molar-refractivity contribution is 4.93. The normalized spacial score (nSPS) is 33.6. The van der Waals surface area contributed by atoms with Gasteiger partial charge in [0, 0.05) is 13.1 Å². The number of aliphatic hydroxyl groups is 1. The predicted molar refractivity (Wildman–Crippen MR) is 59.8 cm³/mol. The third-order valence-electron chi connectivity index (χ3n) is 4.01. The van der Waals surface area contributed by atoms with Gasteiger partial charge in [-0.25, -0.2) is 0 Å². The lowest BCUT2D eigenvalue weighted by Gasteiger charge is -2.42. The van der Waals surface area contributed by atoms with E-state index in [4.69, 9.17) is 4.74 Å². The molecule has 1 saturated heterocycles. The van der Waals surface area contributed by atoms with E-state index >= 15 is 0 Å². The number of rotatable bonds is 2. The summed E-state index contributed by atoms with van der Waals surface area (Å²) in [4.78, 5) is 0. The highest BCUT2D eigenvalue weighted by Gasteiger charge is 2.41. The zero-order valence-electron chi connectivity index (χ0n) is 9.67. The van der Waals surface area contributed by atoms with Gasteiger partial charge >= 0.3 is 0 Å². The summed E-state index contributed by atoms with van der Waals surface area (Å²) in [6.45, 7) is 4.40. The van der Waals surface area contributed by atoms with Crippen LogP contribution < -0.4 is 5.32 Å². The first-order valence-electron chi connectivity index (χ1n) is 6.26. The lowest BCUT2D eigenvalue weighted by molar-refractivity contribution is -0.143. The Kier molecular flexibility index (Phi) is 3.65. The van der Waals surface area contributed by atoms with E-state index in [0.29, 0.717) is 5.92 Å². The molecule has 1 saturated carbocycles. The molecule has 1 heterocycles. The van der Waals surface area contributed by atoms with Gasteiger partial charge in [-0.1, -0.05) is 19.3 Å². The maximum Gasteiger partial charge on any atom is 0.0986 e. The van der Waals surface area contributed by atoms with E-state index in [9.17, 15) is 5.11 Å². The Morgan fingerprint density at radius 3 is 2.60 bits per heavy atom. The van der Waals surface area contributed by atoms with Gasteiger partial charge in [-0.2, -0.15) is 0 Å². The van der Waals surface area contributed by atoms with Gasteiger partial charge in [0.05, 0.1) is 18.3 Å². The number of morpholine rings is 1. The van der Waals surface area contributed by atoms with Gasteiger partial charge in [0.15, 0.2) is 0 Å². The molecule has 2 rings (SSSR count). The maximum absolute atomic E-state index is 10.6. The summed E-state index contributed by atoms with van der Waals surface area (Å²) in [7, 11) is 0. The first-order valence-corrected chi connectivity index (χ1v) is 6.26. The smallest absolute Gasteiger partial charge is 0.0986 e. The highest BCUT2D eigenvalue weighted by Crippen LogP contribution is 2.35. The van der Waals surface area contributed by atoms with Crippen LogP contribution in [0.1, 0.15) is 39.0 Å². The molecule has 2 atom stereocenters. The van der Waals surface area contributed by atoms with Crippen molar-refractivity contribution in [2.45, 2.75) is 50.7 Å². The molecule has 0 bridgehead atoms. The van der Waals surface area contributed by atoms with E-state index in [1.165, 1.54) is 19.3 Å². The van der Waals surface area contributed by atoms with Crippen LogP contribution in [0.3, 0.4) is 0 Å². The van der Waals surface area contributed by atoms with Gasteiger partial charge in [-0.05, 0) is 25.7 Å². The predicted octanol–water partition coefficient (Wildman–Crippen LogP) is 1.31. The van der Waals surface area contributed by atoms with Crippen molar-refractivity contribution in [3.63, 3.8) is 0 Å². The first-order chi connectivity index (χ1) is 7.21. The van der Waals surface area contributed by atoms with E-state index in [0.717, 1.165) is 32.5 Å². The van der Waals surface area contributed by atoms with E-state index < -0.39 is 5.60 Å². The standard InChI is InChI=1S/C12H23NO2/c1-12(14,10-5-3-2-4-6-10)11-9-13-7-8-15-11/h10-11,13-14H,2-9H2,1H3. The van der Waals surface area contributed by atoms with Crippen molar-refractivity contribution in [3.05, 3.63) is 0 Å². The molecule has 15 heavy (non-hydrogen) atoms. The van der Waals surface area contributed by atoms with Crippen molar-refractivity contribution < 1.29 is 9.84 Å². The van der Waals surface area contributed by atoms with Crippen LogP contribution in [0.5, 0.6) is 0 Å². The Morgan fingerprint density at radius 2 is 2.00 bits per heavy atom. The lowest BCUT2D eigenvalue weighted by atomic mass is 9.75. The molecule has 3 heteroatoms. The molecule has 1 aliphatic heterocycles. The summed E-state index contributed by atoms with van der Waals surface area (Å²) in [6.07, 6.45) is 6.16. The van der Waals surface area contributed by atoms with Crippen molar-refractivity contribution in [2.24, 2.45) is 5.92 Å². The van der Waals surface area contributed by atoms with Crippen molar-refractivity contribution in [2.75, 3.05) is 19.7 Å². The summed E-state index contributed by atoms with van der Waals surface area (Å²) < 4.78 is 5.68. The molecule has 1 aliphatic carbocycles. The summed E-state index contributed by atoms with van der Waals surface area (Å²) in [5, 5.41) is 13.9. The Morgan fingerprint density at radius 1 is 1.27 bits per heavy atom. The Balaban J connectivity index is 1.96. The molecule has 0 aromatic carbocycles. The molecule has 88 valence electrons. The van der Waals surface area contributed by atoms with Crippen LogP contribution in [0, 0.1) is 5.92 Å². The van der Waals surface area contributed by atoms with Crippen LogP contribution in [0.25, 0.3) is 0 Å². The fraction of sp³-hybridized carbons (Fsp3) is 1.00. The minimum Gasteiger partial charge on any atom is -0.387 e. The molecular weight excluding hydrogens is 190 g/mol. The Hall–Kier alpha value is -0.120. The van der Waals surface area contributed by atoms with Gasteiger partial charge in [-0.15, -0.1) is 0 Å². The second-order valence-electron chi connectivity index (χ2n) is 5.12. The summed E-state index contributed by atoms with van der Waals surface area (Å²) in [6, 6.07) is 0. The van der Waals surface area contributed by atoms with Gasteiger partial charge in [0.1, 0.15) is 0 Å². The molecule has 0 amide bonds. The van der Waals surface area contributed by atoms with Crippen molar-refractivity contribution in [1.82, 2.24) is 5.32 Å². The Bertz CT molecular complexity index is 174. The molecule has 0 radical (unpaired) electrons. The van der Waals surface area contributed by atoms with Gasteiger partial charge < -0.3 is 15.2 Å². The minimum atomic E-state index is -0.645. The average Bonchev–Trinajstić information content (AvgIpc) is 2.31. The molecule has 0 aromatic rings. The molecule has 2 fully saturated rings. The quantitative estimate of drug-likeness (QED) is 0.726. The second kappa shape index (κ2) is 4.81. The van der Waals surface area contributed by atoms with E-state index in [-0.39, 0.29) is 6.10 Å². The molecule has 0 aromatic heterocycles. The molecular formula is C12H23NO2. The van der Waals surface area contributed by atoms with E-state index in [1.807, 2.05) is 6.92 Å². The van der Waals surface area contributed by atoms with Gasteiger partial charge in [0.2, 0.25) is 0 Å². The van der Waals surface area contributed by atoms with Crippen LogP contribution in [-0.2, 0) is 4.74 Å². The fourth-order valence-electron chi connectivity index (χ4n) is 2.89. The molecule has 0 spiro atoms. The largest absolute Gasteiger partial charge is 0.387 e. The highest BCUT2D eigenvalue weighted by atomic mass is 16.5. The van der Waals surface area contributed by atoms with Crippen LogP contribution in [0.15, 0.2) is 0 Å². The minimum absolute atomic E-state index is 0.0191. The van der Waals surface area contributed by atoms with Crippen molar-refractivity contribution in [3.8, 4) is 0 Å². The van der Waals surface area contributed by atoms with Crippen LogP contribution in [0.4, 0.5) is 0 Å². The van der Waals surface area contributed by atoms with Crippen LogP contribution in [-0.4, -0.2) is 36.5 Å². The number of ether oxygens (including phenoxy) is 1. The number of nitrogens with one attached hydrogen (secondary N) is 1. The van der Waals surface area contributed by atoms with E-state index in [2.05, 4.69) is 5.32 Å². The molecule has 3 nitrogen and oxygen atoms in total. The average molecular weight is 213 g/mol. The van der Waals surface area contributed by atoms with Gasteiger partial charge in [-0.3, -0.25) is 0 Å². The SMILES string of the molecule is CC(O)(C1CCCCC1)C1CNCCO1. The third kappa shape index (κ3) is 2.52. The van der Waals surface area contributed by atoms with Crippen LogP contribution in [0.2, 0.25) is 0 Å². The zero-order valence-corrected chi connectivity index (χ0v) is 9.67. The number of hydrogen-bond acceptors (Lipinski definition) is 3. The summed E-state index contributed by atoms with van der Waals surface area (Å²) >= 11 is 0. The third-order valence-corrected chi connectivity index (χ3v) is 4.01. The monoisotopic (exact) mass is 213 g/mol. The molecule has 2 aliphatic rings. The second-order valence-corrected chi connectivity index (χ2v) is 5.12. The summed E-state index contributed by atoms with van der Waals surface area (Å²) in [5.74, 6) is 0.427. The Labute approximate surface area is 92.2 Å². The fourth-order valence-corrected chi connectivity index (χ4v) is 2.89. The van der Waals surface area contributed by atoms with E-state index in [1.54, 1.807) is 0 Å². The zero-order chi connectivity index (χ0) is 10.7. The van der Waals surface area contributed by atoms with Gasteiger partial charge in [0.25, 0.3) is 0 Å². The molecule has 2 unspecified atom stereocenters. The first kappa shape index (κ1) is 11.4. The maximum atomic E-state index is 10.6. The van der Waals surface area contributed by atoms with Crippen molar-refractivity contribution >= 4 is 0 Å². The van der Waals surface area contributed by atoms with Crippen molar-refractivity contribution in [1.29, 1.82) is 0 Å². The topological polar surface area (TPSA) is 41.5 Å². The molecule has 2 N–H and O–H groups in total. The number of hydrogen-bond donors (Lipinski definition) is 2. The lowest BCUT2D eigenvalue weighted by Crippen LogP contribution is -2.55.